The van der Waals surface area contributed by atoms with Crippen LogP contribution in [0.5, 0.6) is 0 Å². The number of nitrogens with zero attached hydrogens (tertiary/aromatic N) is 1. The van der Waals surface area contributed by atoms with Crippen LogP contribution in [0.25, 0.3) is 0 Å². The van der Waals surface area contributed by atoms with Crippen molar-refractivity contribution in [1.82, 2.24) is 0 Å². The Balaban J connectivity index is 1.94. The first-order valence-electron chi connectivity index (χ1n) is 7.87. The molecule has 3 heteroatoms. The molecule has 0 fully saturated rings. The van der Waals surface area contributed by atoms with E-state index < -0.39 is 0 Å². The third-order valence-electron chi connectivity index (χ3n) is 4.58. The van der Waals surface area contributed by atoms with E-state index in [2.05, 4.69) is 54.5 Å². The molecule has 3 rings (SSSR count). The summed E-state index contributed by atoms with van der Waals surface area (Å²) < 4.78 is 0. The van der Waals surface area contributed by atoms with Crippen LogP contribution in [-0.2, 0) is 0 Å². The van der Waals surface area contributed by atoms with Gasteiger partial charge in [0.05, 0.1) is 6.04 Å². The molecule has 1 heterocycles. The van der Waals surface area contributed by atoms with Crippen LogP contribution in [0.3, 0.4) is 0 Å². The summed E-state index contributed by atoms with van der Waals surface area (Å²) in [6.45, 7) is 2.35. The molecule has 22 heavy (non-hydrogen) atoms. The number of halogens is 1. The van der Waals surface area contributed by atoms with Crippen LogP contribution in [0.2, 0.25) is 5.02 Å². The molecule has 0 saturated carbocycles. The number of allylic oxidation sites excluding steroid dienone is 3. The number of hydrogen-bond acceptors (Lipinski definition) is 2. The Morgan fingerprint density at radius 3 is 2.73 bits per heavy atom. The molecule has 0 bridgehead atoms. The fourth-order valence-electron chi connectivity index (χ4n) is 3.38. The van der Waals surface area contributed by atoms with Gasteiger partial charge < -0.3 is 10.0 Å². The predicted molar refractivity (Wildman–Crippen MR) is 93.1 cm³/mol. The van der Waals surface area contributed by atoms with Gasteiger partial charge in [0.1, 0.15) is 0 Å². The maximum Gasteiger partial charge on any atom is 0.0585 e. The summed E-state index contributed by atoms with van der Waals surface area (Å²) in [4.78, 5) is 2.30. The summed E-state index contributed by atoms with van der Waals surface area (Å²) >= 11 is 6.02. The van der Waals surface area contributed by atoms with Crippen LogP contribution in [0.1, 0.15) is 19.8 Å². The summed E-state index contributed by atoms with van der Waals surface area (Å²) in [6, 6.07) is 8.20. The molecule has 3 atom stereocenters. The van der Waals surface area contributed by atoms with Crippen molar-refractivity contribution in [3.63, 3.8) is 0 Å². The molecule has 0 radical (unpaired) electrons. The van der Waals surface area contributed by atoms with Gasteiger partial charge in [0.15, 0.2) is 0 Å². The lowest BCUT2D eigenvalue weighted by Crippen LogP contribution is -2.41. The van der Waals surface area contributed by atoms with E-state index in [9.17, 15) is 5.11 Å². The zero-order valence-electron chi connectivity index (χ0n) is 12.8. The van der Waals surface area contributed by atoms with Gasteiger partial charge in [0.25, 0.3) is 0 Å². The highest BCUT2D eigenvalue weighted by Gasteiger charge is 2.32. The quantitative estimate of drug-likeness (QED) is 0.826. The zero-order chi connectivity index (χ0) is 15.5. The minimum Gasteiger partial charge on any atom is -0.396 e. The van der Waals surface area contributed by atoms with Crippen LogP contribution in [0, 0.1) is 11.8 Å². The maximum atomic E-state index is 9.73. The highest BCUT2D eigenvalue weighted by atomic mass is 35.5. The molecule has 0 aromatic heterocycles. The van der Waals surface area contributed by atoms with Crippen LogP contribution in [0.4, 0.5) is 5.69 Å². The van der Waals surface area contributed by atoms with Crippen molar-refractivity contribution >= 4 is 17.3 Å². The second kappa shape index (κ2) is 6.72. The van der Waals surface area contributed by atoms with Gasteiger partial charge in [-0.05, 0) is 55.5 Å². The van der Waals surface area contributed by atoms with E-state index in [-0.39, 0.29) is 12.6 Å². The number of aliphatic hydroxyl groups is 1. The van der Waals surface area contributed by atoms with Crippen LogP contribution in [-0.4, -0.2) is 17.8 Å². The van der Waals surface area contributed by atoms with Crippen molar-refractivity contribution in [2.75, 3.05) is 11.5 Å². The standard InChI is InChI=1S/C19H22ClNO/c1-14-6-11-19(18-5-3-2-4-15(18)13-22)21(12-14)17-9-7-16(20)8-10-17/h3,5-12,15,18-19,22H,2,4,13H2,1H3/t15-,18?,19?/m1/s1. The molecule has 2 unspecified atom stereocenters. The summed E-state index contributed by atoms with van der Waals surface area (Å²) in [5.74, 6) is 0.649. The third-order valence-corrected chi connectivity index (χ3v) is 4.83. The zero-order valence-corrected chi connectivity index (χ0v) is 13.6. The fourth-order valence-corrected chi connectivity index (χ4v) is 3.51. The molecule has 0 amide bonds. The van der Waals surface area contributed by atoms with E-state index in [1.165, 1.54) is 5.57 Å². The van der Waals surface area contributed by atoms with Crippen molar-refractivity contribution in [3.05, 3.63) is 65.4 Å². The van der Waals surface area contributed by atoms with Crippen LogP contribution >= 0.6 is 11.6 Å². The number of rotatable bonds is 3. The first kappa shape index (κ1) is 15.4. The number of benzene rings is 1. The number of anilines is 1. The van der Waals surface area contributed by atoms with Crippen molar-refractivity contribution in [2.45, 2.75) is 25.8 Å². The largest absolute Gasteiger partial charge is 0.396 e. The lowest BCUT2D eigenvalue weighted by atomic mass is 9.78. The molecule has 0 saturated heterocycles. The SMILES string of the molecule is CC1=CN(c2ccc(Cl)cc2)C(C2C=CCC[C@@H]2CO)C=C1. The van der Waals surface area contributed by atoms with E-state index in [4.69, 9.17) is 11.6 Å². The Hall–Kier alpha value is -1.51. The Morgan fingerprint density at radius 1 is 1.23 bits per heavy atom. The molecule has 1 aliphatic heterocycles. The first-order chi connectivity index (χ1) is 10.7. The van der Waals surface area contributed by atoms with Gasteiger partial charge >= 0.3 is 0 Å². The topological polar surface area (TPSA) is 23.5 Å². The van der Waals surface area contributed by atoms with Crippen molar-refractivity contribution in [2.24, 2.45) is 11.8 Å². The summed E-state index contributed by atoms with van der Waals surface area (Å²) in [6.07, 6.45) is 13.3. The smallest absolute Gasteiger partial charge is 0.0585 e. The lowest BCUT2D eigenvalue weighted by Gasteiger charge is -2.40. The van der Waals surface area contributed by atoms with Gasteiger partial charge in [0.2, 0.25) is 0 Å². The first-order valence-corrected chi connectivity index (χ1v) is 8.25. The Morgan fingerprint density at radius 2 is 2.00 bits per heavy atom. The Bertz CT molecular complexity index is 602. The lowest BCUT2D eigenvalue weighted by molar-refractivity contribution is 0.174. The highest BCUT2D eigenvalue weighted by molar-refractivity contribution is 6.30. The number of hydrogen-bond donors (Lipinski definition) is 1. The van der Waals surface area contributed by atoms with E-state index in [1.807, 2.05) is 12.1 Å². The highest BCUT2D eigenvalue weighted by Crippen LogP contribution is 2.35. The Kier molecular flexibility index (Phi) is 4.70. The average molecular weight is 316 g/mol. The van der Waals surface area contributed by atoms with Gasteiger partial charge in [-0.1, -0.05) is 35.9 Å². The normalized spacial score (nSPS) is 27.9. The van der Waals surface area contributed by atoms with Crippen LogP contribution < -0.4 is 4.90 Å². The van der Waals surface area contributed by atoms with Gasteiger partial charge in [-0.2, -0.15) is 0 Å². The molecule has 0 spiro atoms. The molecular weight excluding hydrogens is 294 g/mol. The van der Waals surface area contributed by atoms with E-state index in [0.29, 0.717) is 11.8 Å². The van der Waals surface area contributed by atoms with E-state index >= 15 is 0 Å². The molecule has 1 aromatic rings. The summed E-state index contributed by atoms with van der Waals surface area (Å²) in [5, 5.41) is 10.5. The van der Waals surface area contributed by atoms with Gasteiger partial charge in [-0.25, -0.2) is 0 Å². The molecule has 1 aliphatic carbocycles. The summed E-state index contributed by atoms with van der Waals surface area (Å²) in [7, 11) is 0. The third kappa shape index (κ3) is 3.13. The minimum absolute atomic E-state index is 0.235. The second-order valence-electron chi connectivity index (χ2n) is 6.13. The molecule has 1 aromatic carbocycles. The monoisotopic (exact) mass is 315 g/mol. The van der Waals surface area contributed by atoms with Gasteiger partial charge in [-0.3, -0.25) is 0 Å². The fraction of sp³-hybridized carbons (Fsp3) is 0.368. The molecule has 116 valence electrons. The summed E-state index contributed by atoms with van der Waals surface area (Å²) in [5.41, 5.74) is 2.36. The number of aliphatic hydroxyl groups excluding tert-OH is 1. The van der Waals surface area contributed by atoms with Gasteiger partial charge in [-0.15, -0.1) is 0 Å². The molecule has 2 aliphatic rings. The molecule has 2 nitrogen and oxygen atoms in total. The van der Waals surface area contributed by atoms with Crippen molar-refractivity contribution in [3.8, 4) is 0 Å². The second-order valence-corrected chi connectivity index (χ2v) is 6.57. The molecular formula is C19H22ClNO. The van der Waals surface area contributed by atoms with E-state index in [1.54, 1.807) is 0 Å². The van der Waals surface area contributed by atoms with Crippen LogP contribution in [0.15, 0.2) is 60.3 Å². The average Bonchev–Trinajstić information content (AvgIpc) is 2.55. The minimum atomic E-state index is 0.235. The molecule has 1 N–H and O–H groups in total. The maximum absolute atomic E-state index is 9.73. The van der Waals surface area contributed by atoms with Crippen molar-refractivity contribution < 1.29 is 5.11 Å². The Labute approximate surface area is 137 Å². The predicted octanol–water partition coefficient (Wildman–Crippen LogP) is 4.56. The van der Waals surface area contributed by atoms with Gasteiger partial charge in [0, 0.05) is 29.4 Å². The van der Waals surface area contributed by atoms with Crippen molar-refractivity contribution in [1.29, 1.82) is 0 Å². The van der Waals surface area contributed by atoms with E-state index in [0.717, 1.165) is 23.6 Å².